The van der Waals surface area contributed by atoms with Gasteiger partial charge in [-0.2, -0.15) is 0 Å². The molecule has 1 saturated heterocycles. The molecule has 0 spiro atoms. The minimum Gasteiger partial charge on any atom is -0.387 e. The summed E-state index contributed by atoms with van der Waals surface area (Å²) in [7, 11) is -3.14. The molecule has 0 aromatic carbocycles. The Balaban J connectivity index is 2.02. The van der Waals surface area contributed by atoms with E-state index in [-0.39, 0.29) is 16.5 Å². The molecule has 0 unspecified atom stereocenters. The van der Waals surface area contributed by atoms with Crippen LogP contribution < -0.4 is 5.73 Å². The first-order chi connectivity index (χ1) is 8.86. The largest absolute Gasteiger partial charge is 0.387 e. The molecule has 6 heteroatoms. The van der Waals surface area contributed by atoms with Crippen molar-refractivity contribution in [1.82, 2.24) is 4.31 Å². The molecule has 2 fully saturated rings. The zero-order valence-electron chi connectivity index (χ0n) is 11.7. The van der Waals surface area contributed by atoms with E-state index in [1.165, 1.54) is 0 Å². The van der Waals surface area contributed by atoms with Gasteiger partial charge < -0.3 is 5.73 Å². The molecule has 0 amide bonds. The average molecular weight is 287 g/mol. The lowest BCUT2D eigenvalue weighted by Gasteiger charge is -2.39. The predicted molar refractivity (Wildman–Crippen MR) is 76.6 cm³/mol. The van der Waals surface area contributed by atoms with E-state index in [2.05, 4.69) is 0 Å². The SMILES string of the molecule is CC1(C(=N)N)CCN(S(=O)(=O)C2CCCCC2)CC1. The van der Waals surface area contributed by atoms with Gasteiger partial charge in [0.1, 0.15) is 0 Å². The highest BCUT2D eigenvalue weighted by molar-refractivity contribution is 7.89. The van der Waals surface area contributed by atoms with Gasteiger partial charge in [-0.05, 0) is 25.7 Å². The molecule has 0 aromatic heterocycles. The first-order valence-electron chi connectivity index (χ1n) is 7.20. The lowest BCUT2D eigenvalue weighted by atomic mass is 9.80. The van der Waals surface area contributed by atoms with E-state index in [0.717, 1.165) is 32.1 Å². The van der Waals surface area contributed by atoms with Crippen molar-refractivity contribution in [3.05, 3.63) is 0 Å². The molecule has 0 radical (unpaired) electrons. The van der Waals surface area contributed by atoms with Crippen molar-refractivity contribution in [2.24, 2.45) is 11.1 Å². The maximum atomic E-state index is 12.6. The van der Waals surface area contributed by atoms with Crippen LogP contribution in [0.5, 0.6) is 0 Å². The van der Waals surface area contributed by atoms with E-state index in [1.54, 1.807) is 4.31 Å². The van der Waals surface area contributed by atoms with Gasteiger partial charge in [-0.25, -0.2) is 12.7 Å². The van der Waals surface area contributed by atoms with Gasteiger partial charge in [0.05, 0.1) is 11.1 Å². The average Bonchev–Trinajstić information content (AvgIpc) is 2.40. The van der Waals surface area contributed by atoms with Crippen LogP contribution in [0.15, 0.2) is 0 Å². The van der Waals surface area contributed by atoms with Crippen molar-refractivity contribution in [3.8, 4) is 0 Å². The molecule has 2 aliphatic rings. The van der Waals surface area contributed by atoms with Gasteiger partial charge in [0.25, 0.3) is 0 Å². The van der Waals surface area contributed by atoms with Crippen LogP contribution in [0.1, 0.15) is 51.9 Å². The van der Waals surface area contributed by atoms with Crippen molar-refractivity contribution in [3.63, 3.8) is 0 Å². The van der Waals surface area contributed by atoms with Gasteiger partial charge >= 0.3 is 0 Å². The Labute approximate surface area is 116 Å². The fourth-order valence-corrected chi connectivity index (χ4v) is 5.12. The monoisotopic (exact) mass is 287 g/mol. The quantitative estimate of drug-likeness (QED) is 0.611. The first kappa shape index (κ1) is 14.8. The zero-order valence-corrected chi connectivity index (χ0v) is 12.5. The van der Waals surface area contributed by atoms with Crippen LogP contribution in [0, 0.1) is 10.8 Å². The molecule has 3 N–H and O–H groups in total. The summed E-state index contributed by atoms with van der Waals surface area (Å²) >= 11 is 0. The molecule has 110 valence electrons. The van der Waals surface area contributed by atoms with E-state index in [9.17, 15) is 8.42 Å². The molecule has 1 aliphatic carbocycles. The van der Waals surface area contributed by atoms with Gasteiger partial charge in [-0.3, -0.25) is 5.41 Å². The fraction of sp³-hybridized carbons (Fsp3) is 0.923. The summed E-state index contributed by atoms with van der Waals surface area (Å²) in [6.07, 6.45) is 6.16. The van der Waals surface area contributed by atoms with Crippen molar-refractivity contribution in [2.45, 2.75) is 57.1 Å². The molecule has 2 rings (SSSR count). The van der Waals surface area contributed by atoms with Gasteiger partial charge in [-0.15, -0.1) is 0 Å². The van der Waals surface area contributed by atoms with Crippen LogP contribution in [-0.2, 0) is 10.0 Å². The Kier molecular flexibility index (Phi) is 4.20. The number of nitrogens with zero attached hydrogens (tertiary/aromatic N) is 1. The number of hydrogen-bond donors (Lipinski definition) is 2. The van der Waals surface area contributed by atoms with Crippen molar-refractivity contribution >= 4 is 15.9 Å². The van der Waals surface area contributed by atoms with Crippen molar-refractivity contribution < 1.29 is 8.42 Å². The molecule has 1 saturated carbocycles. The summed E-state index contributed by atoms with van der Waals surface area (Å²) in [5, 5.41) is 7.44. The Morgan fingerprint density at radius 3 is 2.21 bits per heavy atom. The van der Waals surface area contributed by atoms with Crippen molar-refractivity contribution in [2.75, 3.05) is 13.1 Å². The molecule has 1 heterocycles. The Bertz CT molecular complexity index is 433. The lowest BCUT2D eigenvalue weighted by molar-refractivity contribution is 0.237. The van der Waals surface area contributed by atoms with Gasteiger partial charge in [0.15, 0.2) is 0 Å². The maximum Gasteiger partial charge on any atom is 0.216 e. The Morgan fingerprint density at radius 2 is 1.74 bits per heavy atom. The van der Waals surface area contributed by atoms with Crippen LogP contribution >= 0.6 is 0 Å². The highest BCUT2D eigenvalue weighted by Crippen LogP contribution is 2.34. The van der Waals surface area contributed by atoms with E-state index in [1.807, 2.05) is 6.92 Å². The van der Waals surface area contributed by atoms with Crippen molar-refractivity contribution in [1.29, 1.82) is 5.41 Å². The number of amidine groups is 1. The molecule has 0 bridgehead atoms. The van der Waals surface area contributed by atoms with Crippen LogP contribution in [0.25, 0.3) is 0 Å². The lowest BCUT2D eigenvalue weighted by Crippen LogP contribution is -2.49. The van der Waals surface area contributed by atoms with Crippen LogP contribution in [0.3, 0.4) is 0 Å². The summed E-state index contributed by atoms with van der Waals surface area (Å²) in [5.41, 5.74) is 5.29. The molecular formula is C13H25N3O2S. The highest BCUT2D eigenvalue weighted by atomic mass is 32.2. The normalized spacial score (nSPS) is 26.2. The van der Waals surface area contributed by atoms with Crippen LogP contribution in [-0.4, -0.2) is 36.9 Å². The fourth-order valence-electron chi connectivity index (χ4n) is 3.08. The summed E-state index contributed by atoms with van der Waals surface area (Å²) in [4.78, 5) is 0. The Hall–Kier alpha value is -0.620. The van der Waals surface area contributed by atoms with Gasteiger partial charge in [-0.1, -0.05) is 26.2 Å². The number of hydrogen-bond acceptors (Lipinski definition) is 3. The molecule has 0 aromatic rings. The number of sulfonamides is 1. The molecular weight excluding hydrogens is 262 g/mol. The highest BCUT2D eigenvalue weighted by Gasteiger charge is 2.39. The summed E-state index contributed by atoms with van der Waals surface area (Å²) in [6.45, 7) is 2.98. The first-order valence-corrected chi connectivity index (χ1v) is 8.70. The number of nitrogens with one attached hydrogen (secondary N) is 1. The topological polar surface area (TPSA) is 87.2 Å². The molecule has 0 atom stereocenters. The van der Waals surface area contributed by atoms with E-state index in [4.69, 9.17) is 11.1 Å². The summed E-state index contributed by atoms with van der Waals surface area (Å²) in [5.74, 6) is 0.183. The smallest absolute Gasteiger partial charge is 0.216 e. The van der Waals surface area contributed by atoms with Crippen LogP contribution in [0.2, 0.25) is 0 Å². The van der Waals surface area contributed by atoms with Crippen LogP contribution in [0.4, 0.5) is 0 Å². The minimum absolute atomic E-state index is 0.178. The maximum absolute atomic E-state index is 12.6. The number of rotatable bonds is 3. The second-order valence-electron chi connectivity index (χ2n) is 6.18. The van der Waals surface area contributed by atoms with Gasteiger partial charge in [0.2, 0.25) is 10.0 Å². The molecule has 5 nitrogen and oxygen atoms in total. The third-order valence-electron chi connectivity index (χ3n) is 4.81. The minimum atomic E-state index is -3.14. The van der Waals surface area contributed by atoms with E-state index < -0.39 is 10.0 Å². The number of nitrogens with two attached hydrogens (primary N) is 1. The Morgan fingerprint density at radius 1 is 1.21 bits per heavy atom. The summed E-state index contributed by atoms with van der Waals surface area (Å²) < 4.78 is 26.8. The number of piperidine rings is 1. The standard InChI is InChI=1S/C13H25N3O2S/c1-13(12(14)15)7-9-16(10-8-13)19(17,18)11-5-3-2-4-6-11/h11H,2-10H2,1H3,(H3,14,15). The third kappa shape index (κ3) is 2.94. The van der Waals surface area contributed by atoms with E-state index >= 15 is 0 Å². The molecule has 1 aliphatic heterocycles. The third-order valence-corrected chi connectivity index (χ3v) is 7.21. The summed E-state index contributed by atoms with van der Waals surface area (Å²) in [6, 6.07) is 0. The second-order valence-corrected chi connectivity index (χ2v) is 8.39. The zero-order chi connectivity index (χ0) is 14.1. The van der Waals surface area contributed by atoms with E-state index in [0.29, 0.717) is 25.9 Å². The predicted octanol–water partition coefficient (Wildman–Crippen LogP) is 1.69. The molecule has 19 heavy (non-hydrogen) atoms. The second kappa shape index (κ2) is 5.40. The van der Waals surface area contributed by atoms with Gasteiger partial charge in [0, 0.05) is 18.5 Å².